The quantitative estimate of drug-likeness (QED) is 0.722. The van der Waals surface area contributed by atoms with Gasteiger partial charge in [0.05, 0.1) is 11.0 Å². The van der Waals surface area contributed by atoms with Crippen molar-refractivity contribution >= 4 is 16.9 Å². The largest absolute Gasteiger partial charge is 0.449 e. The Morgan fingerprint density at radius 1 is 1.15 bits per heavy atom. The van der Waals surface area contributed by atoms with E-state index < -0.39 is 24.5 Å². The maximum absolute atomic E-state index is 13.2. The van der Waals surface area contributed by atoms with Gasteiger partial charge in [-0.05, 0) is 37.4 Å². The Kier molecular flexibility index (Phi) is 6.36. The number of nitrogens with one attached hydrogen (secondary N) is 2. The van der Waals surface area contributed by atoms with E-state index in [0.717, 1.165) is 11.1 Å². The average molecular weight is 382 g/mol. The fraction of sp³-hybridized carbons (Fsp3) is 0.579. The van der Waals surface area contributed by atoms with Crippen molar-refractivity contribution < 1.29 is 18.0 Å². The van der Waals surface area contributed by atoms with Gasteiger partial charge in [0.25, 0.3) is 0 Å². The molecule has 0 bridgehead atoms. The molecule has 0 unspecified atom stereocenters. The van der Waals surface area contributed by atoms with Crippen molar-refractivity contribution in [2.24, 2.45) is 5.92 Å². The van der Waals surface area contributed by atoms with Gasteiger partial charge in [-0.15, -0.1) is 0 Å². The molecule has 27 heavy (non-hydrogen) atoms. The number of hydrogen-bond acceptors (Lipinski definition) is 3. The molecule has 1 saturated carbocycles. The number of fused-ring (bicyclic) bond motifs is 1. The molecule has 1 aromatic carbocycles. The standard InChI is InChI=1S/C19H25F3N4O/c20-19(21,22)18-25-15-8-4-5-9-16(15)26(18)13-17(27)24-11-10-23-12-14-6-2-1-3-7-14/h4-5,8-9,14,23H,1-3,6-7,10-13H2,(H,24,27). The molecule has 5 nitrogen and oxygen atoms in total. The van der Waals surface area contributed by atoms with E-state index in [0.29, 0.717) is 24.5 Å². The molecule has 0 radical (unpaired) electrons. The first-order valence-corrected chi connectivity index (χ1v) is 9.45. The molecule has 148 valence electrons. The number of nitrogens with zero attached hydrogens (tertiary/aromatic N) is 2. The van der Waals surface area contributed by atoms with Crippen LogP contribution in [0.2, 0.25) is 0 Å². The fourth-order valence-electron chi connectivity index (χ4n) is 3.64. The summed E-state index contributed by atoms with van der Waals surface area (Å²) in [5.74, 6) is -0.807. The molecule has 2 aromatic rings. The summed E-state index contributed by atoms with van der Waals surface area (Å²) in [5, 5.41) is 6.01. The molecule has 0 atom stereocenters. The Hall–Kier alpha value is -2.09. The van der Waals surface area contributed by atoms with Crippen LogP contribution in [0.5, 0.6) is 0 Å². The second-order valence-electron chi connectivity index (χ2n) is 7.07. The lowest BCUT2D eigenvalue weighted by molar-refractivity contribution is -0.147. The summed E-state index contributed by atoms with van der Waals surface area (Å²) in [7, 11) is 0. The Morgan fingerprint density at radius 3 is 2.63 bits per heavy atom. The van der Waals surface area contributed by atoms with Crippen LogP contribution in [0.3, 0.4) is 0 Å². The van der Waals surface area contributed by atoms with Gasteiger partial charge in [0.2, 0.25) is 11.7 Å². The maximum atomic E-state index is 13.2. The summed E-state index contributed by atoms with van der Waals surface area (Å²) in [6.07, 6.45) is 1.75. The van der Waals surface area contributed by atoms with Gasteiger partial charge in [0, 0.05) is 13.1 Å². The Labute approximate surface area is 156 Å². The highest BCUT2D eigenvalue weighted by Gasteiger charge is 2.37. The van der Waals surface area contributed by atoms with Crippen LogP contribution in [0.25, 0.3) is 11.0 Å². The van der Waals surface area contributed by atoms with Gasteiger partial charge < -0.3 is 15.2 Å². The van der Waals surface area contributed by atoms with Crippen molar-refractivity contribution in [2.45, 2.75) is 44.8 Å². The number of carbonyl (C=O) groups is 1. The highest BCUT2D eigenvalue weighted by molar-refractivity contribution is 5.81. The Morgan fingerprint density at radius 2 is 1.89 bits per heavy atom. The van der Waals surface area contributed by atoms with E-state index in [-0.39, 0.29) is 5.52 Å². The molecule has 0 aliphatic heterocycles. The number of rotatable bonds is 7. The Bertz CT molecular complexity index is 766. The predicted octanol–water partition coefficient (Wildman–Crippen LogP) is 3.34. The molecule has 0 saturated heterocycles. The summed E-state index contributed by atoms with van der Waals surface area (Å²) in [5.41, 5.74) is 0.530. The zero-order chi connectivity index (χ0) is 19.3. The van der Waals surface area contributed by atoms with E-state index >= 15 is 0 Å². The minimum Gasteiger partial charge on any atom is -0.353 e. The van der Waals surface area contributed by atoms with Gasteiger partial charge in [-0.3, -0.25) is 4.79 Å². The molecule has 1 fully saturated rings. The van der Waals surface area contributed by atoms with Crippen LogP contribution < -0.4 is 10.6 Å². The number of alkyl halides is 3. The number of benzene rings is 1. The van der Waals surface area contributed by atoms with Crippen LogP contribution in [0.1, 0.15) is 37.9 Å². The lowest BCUT2D eigenvalue weighted by Gasteiger charge is -2.21. The first-order chi connectivity index (χ1) is 12.9. The third kappa shape index (κ3) is 5.22. The fourth-order valence-corrected chi connectivity index (χ4v) is 3.64. The number of aromatic nitrogens is 2. The van der Waals surface area contributed by atoms with Crippen LogP contribution >= 0.6 is 0 Å². The molecule has 2 N–H and O–H groups in total. The van der Waals surface area contributed by atoms with E-state index in [1.54, 1.807) is 12.1 Å². The van der Waals surface area contributed by atoms with Crippen LogP contribution in [-0.4, -0.2) is 35.1 Å². The van der Waals surface area contributed by atoms with E-state index in [2.05, 4.69) is 15.6 Å². The topological polar surface area (TPSA) is 59.0 Å². The normalized spacial score (nSPS) is 16.0. The molecule has 8 heteroatoms. The molecule has 1 aliphatic rings. The smallest absolute Gasteiger partial charge is 0.353 e. The zero-order valence-electron chi connectivity index (χ0n) is 15.2. The van der Waals surface area contributed by atoms with Gasteiger partial charge in [0.15, 0.2) is 0 Å². The molecule has 0 spiro atoms. The minimum atomic E-state index is -4.61. The highest BCUT2D eigenvalue weighted by Crippen LogP contribution is 2.31. The zero-order valence-corrected chi connectivity index (χ0v) is 15.2. The molecule has 1 heterocycles. The SMILES string of the molecule is O=C(Cn1c(C(F)(F)F)nc2ccccc21)NCCNCC1CCCCC1. The molecular formula is C19H25F3N4O. The summed E-state index contributed by atoms with van der Waals surface area (Å²) in [6.45, 7) is 1.52. The number of carbonyl (C=O) groups excluding carboxylic acids is 1. The molecule has 1 aromatic heterocycles. The minimum absolute atomic E-state index is 0.228. The van der Waals surface area contributed by atoms with E-state index in [4.69, 9.17) is 0 Å². The van der Waals surface area contributed by atoms with Crippen molar-refractivity contribution in [1.29, 1.82) is 0 Å². The van der Waals surface area contributed by atoms with Crippen molar-refractivity contribution in [3.05, 3.63) is 30.1 Å². The van der Waals surface area contributed by atoms with E-state index in [9.17, 15) is 18.0 Å². The Balaban J connectivity index is 1.51. The molecule has 1 aliphatic carbocycles. The number of para-hydroxylation sites is 2. The number of halogens is 3. The predicted molar refractivity (Wildman–Crippen MR) is 97.2 cm³/mol. The summed E-state index contributed by atoms with van der Waals surface area (Å²) >= 11 is 0. The second-order valence-corrected chi connectivity index (χ2v) is 7.07. The van der Waals surface area contributed by atoms with Gasteiger partial charge in [-0.1, -0.05) is 31.4 Å². The van der Waals surface area contributed by atoms with Crippen molar-refractivity contribution in [3.8, 4) is 0 Å². The highest BCUT2D eigenvalue weighted by atomic mass is 19.4. The van der Waals surface area contributed by atoms with Gasteiger partial charge in [-0.25, -0.2) is 4.98 Å². The summed E-state index contributed by atoms with van der Waals surface area (Å²) < 4.78 is 40.7. The van der Waals surface area contributed by atoms with Crippen molar-refractivity contribution in [1.82, 2.24) is 20.2 Å². The van der Waals surface area contributed by atoms with Crippen LogP contribution in [0.4, 0.5) is 13.2 Å². The lowest BCUT2D eigenvalue weighted by Crippen LogP contribution is -2.36. The van der Waals surface area contributed by atoms with Gasteiger partial charge in [-0.2, -0.15) is 13.2 Å². The monoisotopic (exact) mass is 382 g/mol. The first-order valence-electron chi connectivity index (χ1n) is 9.45. The molecule has 1 amide bonds. The number of hydrogen-bond donors (Lipinski definition) is 2. The van der Waals surface area contributed by atoms with Gasteiger partial charge >= 0.3 is 6.18 Å². The van der Waals surface area contributed by atoms with Crippen molar-refractivity contribution in [2.75, 3.05) is 19.6 Å². The van der Waals surface area contributed by atoms with Crippen molar-refractivity contribution in [3.63, 3.8) is 0 Å². The third-order valence-corrected chi connectivity index (χ3v) is 4.99. The first kappa shape index (κ1) is 19.7. The molecule has 3 rings (SSSR count). The maximum Gasteiger partial charge on any atom is 0.449 e. The van der Waals surface area contributed by atoms with Crippen LogP contribution in [-0.2, 0) is 17.5 Å². The van der Waals surface area contributed by atoms with Crippen LogP contribution in [0.15, 0.2) is 24.3 Å². The number of amides is 1. The van der Waals surface area contributed by atoms with Crippen LogP contribution in [0, 0.1) is 5.92 Å². The number of imidazole rings is 1. The summed E-state index contributed by atoms with van der Waals surface area (Å²) in [6, 6.07) is 6.30. The van der Waals surface area contributed by atoms with E-state index in [1.807, 2.05) is 0 Å². The third-order valence-electron chi connectivity index (χ3n) is 4.99. The molecular weight excluding hydrogens is 357 g/mol. The van der Waals surface area contributed by atoms with Gasteiger partial charge in [0.1, 0.15) is 6.54 Å². The second kappa shape index (κ2) is 8.73. The summed E-state index contributed by atoms with van der Waals surface area (Å²) in [4.78, 5) is 15.8. The van der Waals surface area contributed by atoms with E-state index in [1.165, 1.54) is 44.2 Å². The average Bonchev–Trinajstić information content (AvgIpc) is 3.01. The lowest BCUT2D eigenvalue weighted by atomic mass is 9.89.